The minimum absolute atomic E-state index is 0.156. The van der Waals surface area contributed by atoms with E-state index < -0.39 is 11.9 Å². The third-order valence-corrected chi connectivity index (χ3v) is 2.21. The maximum atomic E-state index is 10.4. The molecule has 0 saturated heterocycles. The minimum atomic E-state index is -0.803. The van der Waals surface area contributed by atoms with Gasteiger partial charge >= 0.3 is 11.9 Å². The standard InChI is InChI=1S/C8H12O4/c9-7(10)3-1-2-5-4-6(5)8(11)12/h5-6H,1-4H2,(H,9,10)(H,11,12). The zero-order chi connectivity index (χ0) is 9.14. The van der Waals surface area contributed by atoms with Crippen LogP contribution in [-0.4, -0.2) is 22.2 Å². The van der Waals surface area contributed by atoms with Gasteiger partial charge < -0.3 is 10.2 Å². The van der Waals surface area contributed by atoms with Crippen LogP contribution in [0.2, 0.25) is 0 Å². The van der Waals surface area contributed by atoms with E-state index in [1.54, 1.807) is 0 Å². The number of carboxylic acids is 2. The molecule has 1 rings (SSSR count). The summed E-state index contributed by atoms with van der Waals surface area (Å²) in [5.41, 5.74) is 0. The first-order valence-corrected chi connectivity index (χ1v) is 4.06. The van der Waals surface area contributed by atoms with Crippen molar-refractivity contribution >= 4 is 11.9 Å². The van der Waals surface area contributed by atoms with E-state index in [9.17, 15) is 9.59 Å². The van der Waals surface area contributed by atoms with Crippen LogP contribution >= 0.6 is 0 Å². The molecule has 0 bridgehead atoms. The Morgan fingerprint density at radius 3 is 2.42 bits per heavy atom. The van der Waals surface area contributed by atoms with Crippen molar-refractivity contribution in [3.05, 3.63) is 0 Å². The molecule has 1 aliphatic carbocycles. The lowest BCUT2D eigenvalue weighted by atomic mass is 10.1. The van der Waals surface area contributed by atoms with Crippen molar-refractivity contribution in [1.82, 2.24) is 0 Å². The smallest absolute Gasteiger partial charge is 0.306 e. The second-order valence-corrected chi connectivity index (χ2v) is 3.23. The predicted molar refractivity (Wildman–Crippen MR) is 40.7 cm³/mol. The summed E-state index contributed by atoms with van der Waals surface area (Å²) in [6.07, 6.45) is 2.23. The van der Waals surface area contributed by atoms with Gasteiger partial charge in [0.05, 0.1) is 5.92 Å². The van der Waals surface area contributed by atoms with Gasteiger partial charge in [-0.25, -0.2) is 0 Å². The predicted octanol–water partition coefficient (Wildman–Crippen LogP) is 0.962. The van der Waals surface area contributed by atoms with Crippen molar-refractivity contribution in [3.63, 3.8) is 0 Å². The van der Waals surface area contributed by atoms with E-state index in [0.29, 0.717) is 6.42 Å². The molecule has 0 amide bonds. The van der Waals surface area contributed by atoms with E-state index >= 15 is 0 Å². The molecule has 68 valence electrons. The van der Waals surface area contributed by atoms with Crippen LogP contribution in [0.25, 0.3) is 0 Å². The summed E-state index contributed by atoms with van der Waals surface area (Å²) in [5.74, 6) is -1.50. The first-order chi connectivity index (χ1) is 5.61. The van der Waals surface area contributed by atoms with Crippen LogP contribution in [0.4, 0.5) is 0 Å². The Kier molecular flexibility index (Phi) is 2.68. The Morgan fingerprint density at radius 1 is 1.33 bits per heavy atom. The van der Waals surface area contributed by atoms with Crippen molar-refractivity contribution in [2.45, 2.75) is 25.7 Å². The summed E-state index contributed by atoms with van der Waals surface area (Å²) in [5, 5.41) is 16.8. The van der Waals surface area contributed by atoms with Gasteiger partial charge in [-0.2, -0.15) is 0 Å². The number of carboxylic acid groups (broad SMARTS) is 2. The zero-order valence-corrected chi connectivity index (χ0v) is 6.69. The van der Waals surface area contributed by atoms with Gasteiger partial charge in [0.15, 0.2) is 0 Å². The van der Waals surface area contributed by atoms with E-state index in [2.05, 4.69) is 0 Å². The SMILES string of the molecule is O=C(O)CCCC1CC1C(=O)O. The maximum Gasteiger partial charge on any atom is 0.306 e. The fourth-order valence-electron chi connectivity index (χ4n) is 1.38. The molecule has 4 heteroatoms. The number of hydrogen-bond acceptors (Lipinski definition) is 2. The highest BCUT2D eigenvalue weighted by Gasteiger charge is 2.42. The van der Waals surface area contributed by atoms with Gasteiger partial charge in [-0.1, -0.05) is 0 Å². The lowest BCUT2D eigenvalue weighted by Gasteiger charge is -1.94. The first kappa shape index (κ1) is 9.03. The van der Waals surface area contributed by atoms with Gasteiger partial charge in [0.25, 0.3) is 0 Å². The van der Waals surface area contributed by atoms with Crippen molar-refractivity contribution in [2.24, 2.45) is 11.8 Å². The molecule has 2 N–H and O–H groups in total. The average Bonchev–Trinajstić information content (AvgIpc) is 2.66. The fraction of sp³-hybridized carbons (Fsp3) is 0.750. The molecular weight excluding hydrogens is 160 g/mol. The third kappa shape index (κ3) is 2.53. The molecule has 0 aliphatic heterocycles. The molecule has 0 aromatic rings. The van der Waals surface area contributed by atoms with Gasteiger partial charge in [0.1, 0.15) is 0 Å². The lowest BCUT2D eigenvalue weighted by molar-refractivity contribution is -0.139. The van der Waals surface area contributed by atoms with E-state index in [4.69, 9.17) is 10.2 Å². The summed E-state index contributed by atoms with van der Waals surface area (Å²) in [7, 11) is 0. The molecule has 0 spiro atoms. The fourth-order valence-corrected chi connectivity index (χ4v) is 1.38. The van der Waals surface area contributed by atoms with Crippen molar-refractivity contribution in [2.75, 3.05) is 0 Å². The van der Waals surface area contributed by atoms with Crippen LogP contribution in [0.15, 0.2) is 0 Å². The highest BCUT2D eigenvalue weighted by Crippen LogP contribution is 2.42. The lowest BCUT2D eigenvalue weighted by Crippen LogP contribution is -2.00. The van der Waals surface area contributed by atoms with Crippen molar-refractivity contribution < 1.29 is 19.8 Å². The summed E-state index contributed by atoms with van der Waals surface area (Å²) < 4.78 is 0. The molecule has 0 radical (unpaired) electrons. The summed E-state index contributed by atoms with van der Waals surface area (Å²) in [4.78, 5) is 20.5. The van der Waals surface area contributed by atoms with E-state index in [0.717, 1.165) is 12.8 Å². The Hall–Kier alpha value is -1.06. The number of hydrogen-bond donors (Lipinski definition) is 2. The highest BCUT2D eigenvalue weighted by atomic mass is 16.4. The summed E-state index contributed by atoms with van der Waals surface area (Å²) in [6.45, 7) is 0. The van der Waals surface area contributed by atoms with Crippen LogP contribution in [0.1, 0.15) is 25.7 Å². The highest BCUT2D eigenvalue weighted by molar-refractivity contribution is 5.73. The van der Waals surface area contributed by atoms with Crippen molar-refractivity contribution in [1.29, 1.82) is 0 Å². The topological polar surface area (TPSA) is 74.6 Å². The Balaban J connectivity index is 2.04. The molecule has 1 fully saturated rings. The second-order valence-electron chi connectivity index (χ2n) is 3.23. The quantitative estimate of drug-likeness (QED) is 0.647. The normalized spacial score (nSPS) is 26.7. The Labute approximate surface area is 70.2 Å². The molecule has 4 nitrogen and oxygen atoms in total. The molecular formula is C8H12O4. The maximum absolute atomic E-state index is 10.4. The van der Waals surface area contributed by atoms with Crippen LogP contribution < -0.4 is 0 Å². The third-order valence-electron chi connectivity index (χ3n) is 2.21. The molecule has 1 aliphatic rings. The minimum Gasteiger partial charge on any atom is -0.481 e. The summed E-state index contributed by atoms with van der Waals surface area (Å²) >= 11 is 0. The number of rotatable bonds is 5. The molecule has 1 saturated carbocycles. The van der Waals surface area contributed by atoms with Gasteiger partial charge in [-0.3, -0.25) is 9.59 Å². The van der Waals surface area contributed by atoms with Gasteiger partial charge in [0.2, 0.25) is 0 Å². The molecule has 0 heterocycles. The molecule has 0 aromatic heterocycles. The van der Waals surface area contributed by atoms with Crippen LogP contribution in [0.5, 0.6) is 0 Å². The largest absolute Gasteiger partial charge is 0.481 e. The van der Waals surface area contributed by atoms with E-state index in [-0.39, 0.29) is 18.3 Å². The van der Waals surface area contributed by atoms with E-state index in [1.807, 2.05) is 0 Å². The van der Waals surface area contributed by atoms with E-state index in [1.165, 1.54) is 0 Å². The second kappa shape index (κ2) is 3.56. The molecule has 2 unspecified atom stereocenters. The van der Waals surface area contributed by atoms with Gasteiger partial charge in [-0.15, -0.1) is 0 Å². The Bertz CT molecular complexity index is 199. The van der Waals surface area contributed by atoms with Crippen LogP contribution in [-0.2, 0) is 9.59 Å². The molecule has 12 heavy (non-hydrogen) atoms. The van der Waals surface area contributed by atoms with Crippen molar-refractivity contribution in [3.8, 4) is 0 Å². The average molecular weight is 172 g/mol. The van der Waals surface area contributed by atoms with Crippen LogP contribution in [0.3, 0.4) is 0 Å². The summed E-state index contributed by atoms with van der Waals surface area (Å²) in [6, 6.07) is 0. The Morgan fingerprint density at radius 2 is 2.00 bits per heavy atom. The monoisotopic (exact) mass is 172 g/mol. The van der Waals surface area contributed by atoms with Gasteiger partial charge in [-0.05, 0) is 25.2 Å². The number of aliphatic carboxylic acids is 2. The molecule has 0 aromatic carbocycles. The van der Waals surface area contributed by atoms with Crippen LogP contribution in [0, 0.1) is 11.8 Å². The zero-order valence-electron chi connectivity index (χ0n) is 6.69. The van der Waals surface area contributed by atoms with Gasteiger partial charge in [0, 0.05) is 6.42 Å². The number of carbonyl (C=O) groups is 2. The first-order valence-electron chi connectivity index (χ1n) is 4.06. The molecule has 2 atom stereocenters.